The van der Waals surface area contributed by atoms with E-state index in [2.05, 4.69) is 11.1 Å². The van der Waals surface area contributed by atoms with Crippen molar-refractivity contribution in [3.05, 3.63) is 58.4 Å². The summed E-state index contributed by atoms with van der Waals surface area (Å²) < 4.78 is 10.6. The molecule has 27 heavy (non-hydrogen) atoms. The number of hydrogen-bond donors (Lipinski definition) is 1. The zero-order valence-electron chi connectivity index (χ0n) is 15.0. The Kier molecular flexibility index (Phi) is 5.74. The summed E-state index contributed by atoms with van der Waals surface area (Å²) in [6, 6.07) is 14.8. The van der Waals surface area contributed by atoms with Crippen LogP contribution in [0.5, 0.6) is 17.2 Å². The van der Waals surface area contributed by atoms with Crippen molar-refractivity contribution in [1.82, 2.24) is 4.98 Å². The normalized spacial score (nSPS) is 11.1. The van der Waals surface area contributed by atoms with Gasteiger partial charge in [-0.25, -0.2) is 4.98 Å². The number of ether oxygens (including phenoxy) is 2. The van der Waals surface area contributed by atoms with E-state index in [-0.39, 0.29) is 5.75 Å². The first kappa shape index (κ1) is 18.5. The maximum Gasteiger partial charge on any atom is 0.161 e. The number of benzene rings is 2. The second-order valence-corrected chi connectivity index (χ2v) is 6.45. The third-order valence-electron chi connectivity index (χ3n) is 3.84. The zero-order chi connectivity index (χ0) is 19.2. The minimum atomic E-state index is 0.0727. The number of nitrogens with zero attached hydrogens (tertiary/aromatic N) is 2. The smallest absolute Gasteiger partial charge is 0.161 e. The number of rotatable bonds is 6. The van der Waals surface area contributed by atoms with E-state index in [1.54, 1.807) is 31.4 Å². The predicted octanol–water partition coefficient (Wildman–Crippen LogP) is 4.99. The van der Waals surface area contributed by atoms with E-state index in [0.29, 0.717) is 22.9 Å². The second kappa shape index (κ2) is 8.39. The van der Waals surface area contributed by atoms with Gasteiger partial charge in [0.2, 0.25) is 0 Å². The molecule has 0 amide bonds. The Labute approximate surface area is 161 Å². The molecule has 2 aromatic carbocycles. The van der Waals surface area contributed by atoms with E-state index in [0.717, 1.165) is 22.6 Å². The van der Waals surface area contributed by atoms with Gasteiger partial charge in [0.15, 0.2) is 11.5 Å². The van der Waals surface area contributed by atoms with Crippen LogP contribution in [0.15, 0.2) is 47.8 Å². The van der Waals surface area contributed by atoms with E-state index in [1.807, 2.05) is 36.6 Å². The molecule has 1 heterocycles. The predicted molar refractivity (Wildman–Crippen MR) is 107 cm³/mol. The summed E-state index contributed by atoms with van der Waals surface area (Å²) in [5, 5.41) is 21.9. The first-order chi connectivity index (χ1) is 13.1. The Morgan fingerprint density at radius 2 is 2.04 bits per heavy atom. The number of phenolic OH excluding ortho intramolecular Hbond substituents is 1. The molecule has 1 N–H and O–H groups in total. The van der Waals surface area contributed by atoms with Crippen LogP contribution in [0.2, 0.25) is 0 Å². The number of thiazole rings is 1. The molecular weight excluding hydrogens is 360 g/mol. The van der Waals surface area contributed by atoms with E-state index in [9.17, 15) is 10.4 Å². The second-order valence-electron chi connectivity index (χ2n) is 5.60. The number of allylic oxidation sites excluding steroid dienone is 1. The van der Waals surface area contributed by atoms with Crippen LogP contribution in [-0.2, 0) is 0 Å². The molecule has 0 unspecified atom stereocenters. The molecule has 0 fully saturated rings. The molecule has 5 nitrogen and oxygen atoms in total. The SMILES string of the molecule is CCOc1cc(/C=C(\C#N)c2nc(-c3ccc(OC)cc3)cs2)ccc1O. The minimum absolute atomic E-state index is 0.0727. The van der Waals surface area contributed by atoms with Crippen molar-refractivity contribution in [3.8, 4) is 34.6 Å². The van der Waals surface area contributed by atoms with Crippen molar-refractivity contribution < 1.29 is 14.6 Å². The molecule has 0 aliphatic heterocycles. The Hall–Kier alpha value is -3.30. The Morgan fingerprint density at radius 3 is 2.70 bits per heavy atom. The highest BCUT2D eigenvalue weighted by Crippen LogP contribution is 2.31. The minimum Gasteiger partial charge on any atom is -0.504 e. The molecule has 0 aliphatic rings. The number of phenols is 1. The van der Waals surface area contributed by atoms with Gasteiger partial charge in [-0.15, -0.1) is 11.3 Å². The van der Waals surface area contributed by atoms with Crippen molar-refractivity contribution in [3.63, 3.8) is 0 Å². The molecule has 3 rings (SSSR count). The standard InChI is InChI=1S/C21H18N2O3S/c1-3-26-20-11-14(4-9-19(20)24)10-16(12-22)21-23-18(13-27-21)15-5-7-17(25-2)8-6-15/h4-11,13,24H,3H2,1-2H3/b16-10+. The topological polar surface area (TPSA) is 75.4 Å². The van der Waals surface area contributed by atoms with Gasteiger partial charge in [-0.05, 0) is 55.0 Å². The molecule has 0 saturated carbocycles. The number of aromatic hydroxyl groups is 1. The molecule has 0 spiro atoms. The fourth-order valence-corrected chi connectivity index (χ4v) is 3.29. The van der Waals surface area contributed by atoms with Crippen LogP contribution in [0.4, 0.5) is 0 Å². The first-order valence-corrected chi connectivity index (χ1v) is 9.20. The maximum atomic E-state index is 9.81. The molecule has 0 bridgehead atoms. The van der Waals surface area contributed by atoms with Crippen LogP contribution in [-0.4, -0.2) is 23.8 Å². The van der Waals surface area contributed by atoms with Crippen LogP contribution in [0, 0.1) is 11.3 Å². The van der Waals surface area contributed by atoms with Gasteiger partial charge in [0.1, 0.15) is 16.8 Å². The molecule has 1 aromatic heterocycles. The zero-order valence-corrected chi connectivity index (χ0v) is 15.8. The summed E-state index contributed by atoms with van der Waals surface area (Å²) in [6.07, 6.45) is 1.73. The number of aromatic nitrogens is 1. The Morgan fingerprint density at radius 1 is 1.26 bits per heavy atom. The maximum absolute atomic E-state index is 9.81. The van der Waals surface area contributed by atoms with Crippen molar-refractivity contribution in [2.75, 3.05) is 13.7 Å². The van der Waals surface area contributed by atoms with Gasteiger partial charge in [-0.3, -0.25) is 0 Å². The van der Waals surface area contributed by atoms with Gasteiger partial charge in [0.25, 0.3) is 0 Å². The van der Waals surface area contributed by atoms with Gasteiger partial charge < -0.3 is 14.6 Å². The molecule has 0 atom stereocenters. The van der Waals surface area contributed by atoms with E-state index in [4.69, 9.17) is 9.47 Å². The summed E-state index contributed by atoms with van der Waals surface area (Å²) >= 11 is 1.41. The highest BCUT2D eigenvalue weighted by atomic mass is 32.1. The number of methoxy groups -OCH3 is 1. The summed E-state index contributed by atoms with van der Waals surface area (Å²) in [5.41, 5.74) is 2.97. The van der Waals surface area contributed by atoms with Crippen molar-refractivity contribution in [2.24, 2.45) is 0 Å². The van der Waals surface area contributed by atoms with Crippen molar-refractivity contribution in [1.29, 1.82) is 5.26 Å². The molecule has 0 radical (unpaired) electrons. The Balaban J connectivity index is 1.90. The van der Waals surface area contributed by atoms with Crippen molar-refractivity contribution in [2.45, 2.75) is 6.92 Å². The van der Waals surface area contributed by atoms with Gasteiger partial charge in [-0.2, -0.15) is 5.26 Å². The van der Waals surface area contributed by atoms with Crippen LogP contribution < -0.4 is 9.47 Å². The van der Waals surface area contributed by atoms with E-state index >= 15 is 0 Å². The Bertz CT molecular complexity index is 1000. The van der Waals surface area contributed by atoms with E-state index in [1.165, 1.54) is 11.3 Å². The molecule has 136 valence electrons. The average molecular weight is 378 g/mol. The van der Waals surface area contributed by atoms with Crippen LogP contribution in [0.3, 0.4) is 0 Å². The van der Waals surface area contributed by atoms with Gasteiger partial charge in [-0.1, -0.05) is 6.07 Å². The summed E-state index contributed by atoms with van der Waals surface area (Å²) in [7, 11) is 1.63. The molecule has 0 saturated heterocycles. The van der Waals surface area contributed by atoms with Crippen molar-refractivity contribution >= 4 is 23.0 Å². The van der Waals surface area contributed by atoms with Gasteiger partial charge in [0, 0.05) is 10.9 Å². The molecule has 3 aromatic rings. The first-order valence-electron chi connectivity index (χ1n) is 8.32. The number of hydrogen-bond acceptors (Lipinski definition) is 6. The highest BCUT2D eigenvalue weighted by molar-refractivity contribution is 7.11. The third-order valence-corrected chi connectivity index (χ3v) is 4.71. The summed E-state index contributed by atoms with van der Waals surface area (Å²) in [6.45, 7) is 2.29. The molecular formula is C21H18N2O3S. The number of nitriles is 1. The average Bonchev–Trinajstić information content (AvgIpc) is 3.18. The quantitative estimate of drug-likeness (QED) is 0.612. The third kappa shape index (κ3) is 4.27. The fourth-order valence-electron chi connectivity index (χ4n) is 2.49. The lowest BCUT2D eigenvalue weighted by Crippen LogP contribution is -1.92. The summed E-state index contributed by atoms with van der Waals surface area (Å²) in [5.74, 6) is 1.24. The lowest BCUT2D eigenvalue weighted by molar-refractivity contribution is 0.318. The summed E-state index contributed by atoms with van der Waals surface area (Å²) in [4.78, 5) is 4.59. The molecule has 0 aliphatic carbocycles. The molecule has 6 heteroatoms. The highest BCUT2D eigenvalue weighted by Gasteiger charge is 2.10. The lowest BCUT2D eigenvalue weighted by atomic mass is 10.1. The largest absolute Gasteiger partial charge is 0.504 e. The van der Waals surface area contributed by atoms with Gasteiger partial charge in [0.05, 0.1) is 25.0 Å². The fraction of sp³-hybridized carbons (Fsp3) is 0.143. The van der Waals surface area contributed by atoms with Crippen LogP contribution in [0.1, 0.15) is 17.5 Å². The van der Waals surface area contributed by atoms with E-state index < -0.39 is 0 Å². The van der Waals surface area contributed by atoms with Crippen LogP contribution in [0.25, 0.3) is 22.9 Å². The van der Waals surface area contributed by atoms with Gasteiger partial charge >= 0.3 is 0 Å². The van der Waals surface area contributed by atoms with Crippen LogP contribution >= 0.6 is 11.3 Å². The lowest BCUT2D eigenvalue weighted by Gasteiger charge is -2.06. The monoisotopic (exact) mass is 378 g/mol.